The third-order valence-corrected chi connectivity index (χ3v) is 7.43. The number of benzene rings is 2. The van der Waals surface area contributed by atoms with Crippen LogP contribution in [-0.4, -0.2) is 59.8 Å². The minimum Gasteiger partial charge on any atom is -1.00 e. The zero-order valence-electron chi connectivity index (χ0n) is 20.9. The van der Waals surface area contributed by atoms with Crippen LogP contribution in [0.5, 0.6) is 0 Å². The van der Waals surface area contributed by atoms with Crippen molar-refractivity contribution in [1.29, 1.82) is 0 Å². The molecule has 2 aromatic rings. The SMILES string of the molecule is CC(C)(C)OC(=O)NCC[N+]12CCC(CC1)C(C(=O)C(O)(c1ccccc1)c1ccccc1)C2.[Br-]. The molecule has 1 unspecified atom stereocenters. The molecule has 1 atom stereocenters. The molecule has 2 bridgehead atoms. The van der Waals surface area contributed by atoms with Crippen LogP contribution in [0.15, 0.2) is 60.7 Å². The molecule has 0 radical (unpaired) electrons. The van der Waals surface area contributed by atoms with Crippen molar-refractivity contribution in [3.8, 4) is 0 Å². The molecule has 3 aliphatic heterocycles. The van der Waals surface area contributed by atoms with Crippen molar-refractivity contribution >= 4 is 11.9 Å². The second kappa shape index (κ2) is 10.8. The molecule has 190 valence electrons. The number of nitrogens with one attached hydrogen (secondary N) is 1. The first-order chi connectivity index (χ1) is 16.1. The second-order valence-corrected chi connectivity index (χ2v) is 10.9. The van der Waals surface area contributed by atoms with Gasteiger partial charge in [0.05, 0.1) is 38.6 Å². The largest absolute Gasteiger partial charge is 1.00 e. The van der Waals surface area contributed by atoms with E-state index in [0.717, 1.165) is 37.0 Å². The molecule has 1 amide bonds. The highest BCUT2D eigenvalue weighted by Crippen LogP contribution is 2.43. The number of aliphatic hydroxyl groups is 1. The van der Waals surface area contributed by atoms with Gasteiger partial charge in [-0.25, -0.2) is 4.79 Å². The molecule has 0 aromatic heterocycles. The van der Waals surface area contributed by atoms with Crippen molar-refractivity contribution in [3.05, 3.63) is 71.8 Å². The zero-order valence-corrected chi connectivity index (χ0v) is 22.5. The van der Waals surface area contributed by atoms with Crippen molar-refractivity contribution in [3.63, 3.8) is 0 Å². The van der Waals surface area contributed by atoms with E-state index in [4.69, 9.17) is 4.74 Å². The topological polar surface area (TPSA) is 75.6 Å². The summed E-state index contributed by atoms with van der Waals surface area (Å²) in [6, 6.07) is 18.6. The summed E-state index contributed by atoms with van der Waals surface area (Å²) >= 11 is 0. The number of carbonyl (C=O) groups is 2. The number of halogens is 1. The minimum absolute atomic E-state index is 0. The predicted octanol–water partition coefficient (Wildman–Crippen LogP) is 0.877. The van der Waals surface area contributed by atoms with Crippen LogP contribution in [-0.2, 0) is 15.1 Å². The van der Waals surface area contributed by atoms with Crippen LogP contribution in [0.25, 0.3) is 0 Å². The highest BCUT2D eigenvalue weighted by Gasteiger charge is 2.53. The van der Waals surface area contributed by atoms with Gasteiger partial charge in [0.15, 0.2) is 11.4 Å². The van der Waals surface area contributed by atoms with E-state index < -0.39 is 17.3 Å². The first kappa shape index (κ1) is 27.4. The molecule has 5 rings (SSSR count). The number of piperidine rings is 3. The fourth-order valence-corrected chi connectivity index (χ4v) is 5.69. The Morgan fingerprint density at radius 3 is 1.97 bits per heavy atom. The van der Waals surface area contributed by atoms with E-state index in [1.54, 1.807) is 0 Å². The number of hydrogen-bond donors (Lipinski definition) is 2. The van der Waals surface area contributed by atoms with E-state index in [9.17, 15) is 14.7 Å². The smallest absolute Gasteiger partial charge is 0.407 e. The number of ketones is 1. The molecule has 3 fully saturated rings. The van der Waals surface area contributed by atoms with E-state index >= 15 is 0 Å². The third kappa shape index (κ3) is 5.96. The van der Waals surface area contributed by atoms with Crippen LogP contribution in [0.1, 0.15) is 44.7 Å². The highest BCUT2D eigenvalue weighted by molar-refractivity contribution is 5.94. The number of nitrogens with zero attached hydrogens (tertiary/aromatic N) is 1. The molecule has 0 aliphatic carbocycles. The molecule has 2 N–H and O–H groups in total. The summed E-state index contributed by atoms with van der Waals surface area (Å²) in [7, 11) is 0. The predicted molar refractivity (Wildman–Crippen MR) is 131 cm³/mol. The Bertz CT molecular complexity index is 959. The molecular weight excluding hydrogens is 508 g/mol. The van der Waals surface area contributed by atoms with E-state index in [1.807, 2.05) is 81.4 Å². The van der Waals surface area contributed by atoms with Crippen LogP contribution in [0.3, 0.4) is 0 Å². The quantitative estimate of drug-likeness (QED) is 0.507. The zero-order chi connectivity index (χ0) is 24.4. The fraction of sp³-hybridized carbons (Fsp3) is 0.500. The van der Waals surface area contributed by atoms with Crippen molar-refractivity contribution in [2.75, 3.05) is 32.7 Å². The third-order valence-electron chi connectivity index (χ3n) is 7.43. The number of carbonyl (C=O) groups excluding carboxylic acids is 2. The summed E-state index contributed by atoms with van der Waals surface area (Å²) in [5.41, 5.74) is -0.983. The summed E-state index contributed by atoms with van der Waals surface area (Å²) in [5, 5.41) is 14.9. The molecule has 3 heterocycles. The standard InChI is InChI=1S/C28H36N2O4.BrH/c1-27(2,3)34-26(32)29-16-19-30-17-14-21(15-18-30)24(20-30)25(31)28(33,22-10-6-4-7-11-22)23-12-8-5-9-13-23;/h4-13,21,24,33H,14-20H2,1-3H3;1H. The highest BCUT2D eigenvalue weighted by atomic mass is 79.9. The van der Waals surface area contributed by atoms with E-state index in [2.05, 4.69) is 5.32 Å². The number of quaternary nitrogens is 1. The average Bonchev–Trinajstić information content (AvgIpc) is 2.83. The Kier molecular flexibility index (Phi) is 8.45. The van der Waals surface area contributed by atoms with Gasteiger partial charge >= 0.3 is 6.09 Å². The van der Waals surface area contributed by atoms with Gasteiger partial charge in [0, 0.05) is 12.8 Å². The lowest BCUT2D eigenvalue weighted by Gasteiger charge is -2.53. The summed E-state index contributed by atoms with van der Waals surface area (Å²) in [6.45, 7) is 9.50. The molecular formula is C28H37BrN2O4. The Morgan fingerprint density at radius 1 is 0.971 bits per heavy atom. The van der Waals surface area contributed by atoms with Gasteiger partial charge in [-0.3, -0.25) is 4.79 Å². The Labute approximate surface area is 219 Å². The van der Waals surface area contributed by atoms with E-state index in [-0.39, 0.29) is 34.6 Å². The Morgan fingerprint density at radius 2 is 1.49 bits per heavy atom. The number of alkyl carbamates (subject to hydrolysis) is 1. The van der Waals surface area contributed by atoms with Crippen LogP contribution >= 0.6 is 0 Å². The molecule has 3 aliphatic rings. The number of ether oxygens (including phenoxy) is 1. The maximum Gasteiger partial charge on any atom is 0.407 e. The van der Waals surface area contributed by atoms with Gasteiger partial charge < -0.3 is 36.6 Å². The maximum absolute atomic E-state index is 14.1. The van der Waals surface area contributed by atoms with E-state index in [0.29, 0.717) is 24.2 Å². The second-order valence-electron chi connectivity index (χ2n) is 10.9. The molecule has 7 heteroatoms. The number of rotatable bonds is 7. The number of fused-ring (bicyclic) bond motifs is 3. The van der Waals surface area contributed by atoms with Gasteiger partial charge in [-0.2, -0.15) is 0 Å². The van der Waals surface area contributed by atoms with Gasteiger partial charge in [0.25, 0.3) is 0 Å². The molecule has 6 nitrogen and oxygen atoms in total. The van der Waals surface area contributed by atoms with Crippen LogP contribution in [0.4, 0.5) is 4.79 Å². The van der Waals surface area contributed by atoms with Crippen LogP contribution in [0, 0.1) is 11.8 Å². The molecule has 0 saturated carbocycles. The first-order valence-corrected chi connectivity index (χ1v) is 12.3. The van der Waals surface area contributed by atoms with Crippen molar-refractivity contribution < 1.29 is 40.9 Å². The lowest BCUT2D eigenvalue weighted by atomic mass is 9.68. The summed E-state index contributed by atoms with van der Waals surface area (Å²) < 4.78 is 6.16. The minimum atomic E-state index is -1.68. The molecule has 3 saturated heterocycles. The summed E-state index contributed by atoms with van der Waals surface area (Å²) in [4.78, 5) is 26.2. The van der Waals surface area contributed by atoms with Crippen LogP contribution in [0.2, 0.25) is 0 Å². The average molecular weight is 546 g/mol. The van der Waals surface area contributed by atoms with Gasteiger partial charge in [-0.05, 0) is 37.8 Å². The molecule has 2 aromatic carbocycles. The van der Waals surface area contributed by atoms with Gasteiger partial charge in [-0.1, -0.05) is 60.7 Å². The van der Waals surface area contributed by atoms with Gasteiger partial charge in [0.1, 0.15) is 5.60 Å². The Hall–Kier alpha value is -2.22. The van der Waals surface area contributed by atoms with E-state index in [1.165, 1.54) is 0 Å². The van der Waals surface area contributed by atoms with Crippen molar-refractivity contribution in [2.24, 2.45) is 11.8 Å². The monoisotopic (exact) mass is 544 g/mol. The Balaban J connectivity index is 0.00000342. The maximum atomic E-state index is 14.1. The number of amides is 1. The van der Waals surface area contributed by atoms with Gasteiger partial charge in [-0.15, -0.1) is 0 Å². The normalized spacial score (nSPS) is 23.8. The molecule has 35 heavy (non-hydrogen) atoms. The lowest BCUT2D eigenvalue weighted by molar-refractivity contribution is -0.944. The van der Waals surface area contributed by atoms with Crippen LogP contribution < -0.4 is 22.3 Å². The molecule has 0 spiro atoms. The number of hydrogen-bond acceptors (Lipinski definition) is 4. The summed E-state index contributed by atoms with van der Waals surface area (Å²) in [5.74, 6) is -0.0587. The summed E-state index contributed by atoms with van der Waals surface area (Å²) in [6.07, 6.45) is 1.51. The van der Waals surface area contributed by atoms with Crippen molar-refractivity contribution in [1.82, 2.24) is 5.32 Å². The number of Topliss-reactive ketones (excluding diaryl/α,β-unsaturated/α-hetero) is 1. The fourth-order valence-electron chi connectivity index (χ4n) is 5.69. The van der Waals surface area contributed by atoms with Crippen molar-refractivity contribution in [2.45, 2.75) is 44.8 Å². The van der Waals surface area contributed by atoms with Gasteiger partial charge in [0.2, 0.25) is 0 Å². The lowest BCUT2D eigenvalue weighted by Crippen LogP contribution is -3.00. The first-order valence-electron chi connectivity index (χ1n) is 12.3.